The number of nitrogen functional groups attached to an aromatic ring is 1. The molecule has 1 fully saturated rings. The molecule has 0 atom stereocenters. The van der Waals surface area contributed by atoms with Gasteiger partial charge in [0, 0.05) is 24.7 Å². The van der Waals surface area contributed by atoms with Gasteiger partial charge in [0.2, 0.25) is 17.8 Å². The van der Waals surface area contributed by atoms with Gasteiger partial charge in [-0.15, -0.1) is 13.2 Å². The van der Waals surface area contributed by atoms with E-state index in [0.29, 0.717) is 24.0 Å². The Morgan fingerprint density at radius 3 is 2.32 bits per heavy atom. The second-order valence-corrected chi connectivity index (χ2v) is 8.90. The Bertz CT molecular complexity index is 1060. The van der Waals surface area contributed by atoms with Gasteiger partial charge in [-0.2, -0.15) is 4.98 Å². The minimum atomic E-state index is -4.80. The Kier molecular flexibility index (Phi) is 9.33. The highest BCUT2D eigenvalue weighted by molar-refractivity contribution is 5.79. The summed E-state index contributed by atoms with van der Waals surface area (Å²) in [6.45, 7) is 0.557. The number of halogens is 3. The van der Waals surface area contributed by atoms with Crippen LogP contribution in [0.5, 0.6) is 5.75 Å². The zero-order valence-corrected chi connectivity index (χ0v) is 20.1. The van der Waals surface area contributed by atoms with E-state index in [1.807, 2.05) is 0 Å². The van der Waals surface area contributed by atoms with Crippen LogP contribution in [0.3, 0.4) is 0 Å². The summed E-state index contributed by atoms with van der Waals surface area (Å²) in [7, 11) is 0. The predicted molar refractivity (Wildman–Crippen MR) is 131 cm³/mol. The molecule has 1 heterocycles. The predicted octanol–water partition coefficient (Wildman–Crippen LogP) is 1.81. The first kappa shape index (κ1) is 27.8. The summed E-state index contributed by atoms with van der Waals surface area (Å²) in [6.07, 6.45) is -0.142. The van der Waals surface area contributed by atoms with E-state index in [9.17, 15) is 22.8 Å². The quantitative estimate of drug-likeness (QED) is 0.277. The summed E-state index contributed by atoms with van der Waals surface area (Å²) in [5.41, 5.74) is 17.2. The molecule has 1 saturated carbocycles. The van der Waals surface area contributed by atoms with E-state index < -0.39 is 18.2 Å². The summed E-state index contributed by atoms with van der Waals surface area (Å²) in [5, 5.41) is 6.12. The van der Waals surface area contributed by atoms with Gasteiger partial charge in [-0.25, -0.2) is 4.98 Å². The highest BCUT2D eigenvalue weighted by Gasteiger charge is 2.32. The molecule has 0 saturated heterocycles. The fraction of sp³-hybridized carbons (Fsp3) is 0.478. The third kappa shape index (κ3) is 8.97. The first-order valence-corrected chi connectivity index (χ1v) is 11.7. The monoisotopic (exact) mass is 524 g/mol. The number of nitrogens with one attached hydrogen (secondary N) is 2. The Labute approximate surface area is 211 Å². The minimum Gasteiger partial charge on any atom is -0.405 e. The van der Waals surface area contributed by atoms with Gasteiger partial charge in [0.25, 0.3) is 0 Å². The number of aromatic nitrogens is 2. The van der Waals surface area contributed by atoms with E-state index in [2.05, 4.69) is 25.3 Å². The molecule has 0 aliphatic heterocycles. The Hall–Kier alpha value is -3.81. The van der Waals surface area contributed by atoms with Crippen molar-refractivity contribution in [2.75, 3.05) is 36.0 Å². The van der Waals surface area contributed by atoms with Crippen LogP contribution in [0.25, 0.3) is 0 Å². The zero-order chi connectivity index (χ0) is 27.0. The first-order chi connectivity index (χ1) is 17.5. The Balaban J connectivity index is 1.54. The molecule has 14 heteroatoms. The summed E-state index contributed by atoms with van der Waals surface area (Å²) in [4.78, 5) is 32.9. The number of primary amides is 2. The third-order valence-electron chi connectivity index (χ3n) is 6.06. The van der Waals surface area contributed by atoms with Crippen LogP contribution in [0, 0.1) is 5.92 Å². The largest absolute Gasteiger partial charge is 0.573 e. The highest BCUT2D eigenvalue weighted by Crippen LogP contribution is 2.29. The molecule has 2 aromatic rings. The maximum absolute atomic E-state index is 12.7. The molecule has 1 aliphatic rings. The number of ether oxygens (including phenoxy) is 1. The molecule has 2 amide bonds. The van der Waals surface area contributed by atoms with Gasteiger partial charge >= 0.3 is 6.36 Å². The van der Waals surface area contributed by atoms with Crippen molar-refractivity contribution in [3.63, 3.8) is 0 Å². The lowest BCUT2D eigenvalue weighted by atomic mass is 9.85. The first-order valence-electron chi connectivity index (χ1n) is 11.7. The van der Waals surface area contributed by atoms with E-state index in [4.69, 9.17) is 17.2 Å². The van der Waals surface area contributed by atoms with Gasteiger partial charge in [0.05, 0.1) is 25.0 Å². The number of para-hydroxylation sites is 1. The average molecular weight is 525 g/mol. The van der Waals surface area contributed by atoms with Gasteiger partial charge < -0.3 is 32.6 Å². The lowest BCUT2D eigenvalue weighted by molar-refractivity contribution is -0.274. The third-order valence-corrected chi connectivity index (χ3v) is 6.06. The molecule has 0 radical (unpaired) electrons. The van der Waals surface area contributed by atoms with E-state index >= 15 is 0 Å². The number of nitrogens with two attached hydrogens (primary N) is 3. The van der Waals surface area contributed by atoms with Crippen molar-refractivity contribution >= 4 is 29.3 Å². The van der Waals surface area contributed by atoms with E-state index in [-0.39, 0.29) is 42.9 Å². The Morgan fingerprint density at radius 1 is 1.05 bits per heavy atom. The minimum absolute atomic E-state index is 0.00668. The second kappa shape index (κ2) is 12.4. The van der Waals surface area contributed by atoms with Crippen molar-refractivity contribution in [2.45, 2.75) is 44.6 Å². The molecular formula is C23H31F3N8O3. The van der Waals surface area contributed by atoms with Crippen molar-refractivity contribution in [1.82, 2.24) is 14.9 Å². The smallest absolute Gasteiger partial charge is 0.405 e. The van der Waals surface area contributed by atoms with Crippen LogP contribution in [-0.4, -0.2) is 58.7 Å². The zero-order valence-electron chi connectivity index (χ0n) is 20.1. The van der Waals surface area contributed by atoms with Crippen molar-refractivity contribution < 1.29 is 27.5 Å². The molecule has 3 rings (SSSR count). The van der Waals surface area contributed by atoms with E-state index in [1.54, 1.807) is 11.0 Å². The number of carbonyl (C=O) groups is 2. The SMILES string of the molecule is NC(=O)CN(CC(N)=O)[C@H]1CC[C@H](CNc2nc(NCc3ccccc3OC(F)(F)F)ncc2N)CC1. The summed E-state index contributed by atoms with van der Waals surface area (Å²) >= 11 is 0. The van der Waals surface area contributed by atoms with Gasteiger partial charge in [-0.05, 0) is 37.7 Å². The van der Waals surface area contributed by atoms with Gasteiger partial charge in [-0.3, -0.25) is 14.5 Å². The molecule has 0 bridgehead atoms. The van der Waals surface area contributed by atoms with Crippen LogP contribution in [0.4, 0.5) is 30.6 Å². The number of alkyl halides is 3. The van der Waals surface area contributed by atoms with E-state index in [0.717, 1.165) is 25.7 Å². The van der Waals surface area contributed by atoms with E-state index in [1.165, 1.54) is 24.4 Å². The molecule has 1 aromatic heterocycles. The van der Waals surface area contributed by atoms with Crippen LogP contribution in [0.2, 0.25) is 0 Å². The molecule has 8 N–H and O–H groups in total. The molecular weight excluding hydrogens is 493 g/mol. The number of hydrogen-bond acceptors (Lipinski definition) is 9. The average Bonchev–Trinajstić information content (AvgIpc) is 2.82. The van der Waals surface area contributed by atoms with Crippen molar-refractivity contribution in [3.8, 4) is 5.75 Å². The topological polar surface area (TPSA) is 175 Å². The van der Waals surface area contributed by atoms with Crippen molar-refractivity contribution in [2.24, 2.45) is 17.4 Å². The number of rotatable bonds is 12. The van der Waals surface area contributed by atoms with Crippen LogP contribution in [-0.2, 0) is 16.1 Å². The number of carbonyl (C=O) groups excluding carboxylic acids is 2. The van der Waals surface area contributed by atoms with Crippen molar-refractivity contribution in [1.29, 1.82) is 0 Å². The second-order valence-electron chi connectivity index (χ2n) is 8.90. The van der Waals surface area contributed by atoms with Crippen molar-refractivity contribution in [3.05, 3.63) is 36.0 Å². The van der Waals surface area contributed by atoms with Crippen LogP contribution in [0.15, 0.2) is 30.5 Å². The molecule has 11 nitrogen and oxygen atoms in total. The molecule has 202 valence electrons. The molecule has 37 heavy (non-hydrogen) atoms. The fourth-order valence-corrected chi connectivity index (χ4v) is 4.34. The molecule has 1 aromatic carbocycles. The molecule has 0 spiro atoms. The number of hydrogen-bond donors (Lipinski definition) is 5. The van der Waals surface area contributed by atoms with Crippen LogP contribution >= 0.6 is 0 Å². The normalized spacial score (nSPS) is 17.8. The number of benzene rings is 1. The van der Waals surface area contributed by atoms with Crippen LogP contribution < -0.4 is 32.6 Å². The number of amides is 2. The van der Waals surface area contributed by atoms with Gasteiger partial charge in [0.1, 0.15) is 5.75 Å². The number of nitrogens with zero attached hydrogens (tertiary/aromatic N) is 3. The molecule has 0 unspecified atom stereocenters. The standard InChI is InChI=1S/C23H31F3N8O3/c24-23(25,26)37-18-4-2-1-3-15(18)10-31-22-32-11-17(27)21(33-22)30-9-14-5-7-16(8-6-14)34(12-19(28)35)13-20(29)36/h1-4,11,14,16H,5-10,12-13,27H2,(H2,28,35)(H2,29,36)(H2,30,31,32,33)/t14-,16-. The number of anilines is 3. The van der Waals surface area contributed by atoms with Gasteiger partial charge in [0.15, 0.2) is 5.82 Å². The molecule has 1 aliphatic carbocycles. The summed E-state index contributed by atoms with van der Waals surface area (Å²) in [5.74, 6) is -0.427. The summed E-state index contributed by atoms with van der Waals surface area (Å²) < 4.78 is 42.0. The fourth-order valence-electron chi connectivity index (χ4n) is 4.34. The summed E-state index contributed by atoms with van der Waals surface area (Å²) in [6, 6.07) is 5.84. The maximum Gasteiger partial charge on any atom is 0.573 e. The lowest BCUT2D eigenvalue weighted by Gasteiger charge is -2.35. The lowest BCUT2D eigenvalue weighted by Crippen LogP contribution is -2.47. The highest BCUT2D eigenvalue weighted by atomic mass is 19.4. The van der Waals surface area contributed by atoms with Gasteiger partial charge in [-0.1, -0.05) is 18.2 Å². The van der Waals surface area contributed by atoms with Crippen LogP contribution in [0.1, 0.15) is 31.2 Å². The Morgan fingerprint density at radius 2 is 1.70 bits per heavy atom. The maximum atomic E-state index is 12.7.